The van der Waals surface area contributed by atoms with Crippen LogP contribution in [0.3, 0.4) is 0 Å². The van der Waals surface area contributed by atoms with E-state index in [1.807, 2.05) is 0 Å². The van der Waals surface area contributed by atoms with E-state index in [0.717, 1.165) is 12.1 Å². The van der Waals surface area contributed by atoms with Gasteiger partial charge in [-0.05, 0) is 18.2 Å². The van der Waals surface area contributed by atoms with Gasteiger partial charge in [0.1, 0.15) is 5.75 Å². The van der Waals surface area contributed by atoms with Gasteiger partial charge in [-0.3, -0.25) is 9.59 Å². The molecule has 20 heavy (non-hydrogen) atoms. The summed E-state index contributed by atoms with van der Waals surface area (Å²) in [5, 5.41) is 8.64. The predicted molar refractivity (Wildman–Crippen MR) is 62.6 cm³/mol. The first-order chi connectivity index (χ1) is 9.26. The number of benzene rings is 1. The molecular weight excluding hydrogens is 279 g/mol. The van der Waals surface area contributed by atoms with Gasteiger partial charge in [0.15, 0.2) is 0 Å². The lowest BCUT2D eigenvalue weighted by molar-refractivity contribution is -0.274. The zero-order valence-electron chi connectivity index (χ0n) is 9.82. The van der Waals surface area contributed by atoms with Gasteiger partial charge in [0.2, 0.25) is 0 Å². The Hall–Kier alpha value is -2.51. The molecule has 106 valence electrons. The number of aromatic nitrogens is 1. The Bertz CT molecular complexity index is 721. The van der Waals surface area contributed by atoms with Gasteiger partial charge >= 0.3 is 12.3 Å². The number of hydrogen-bond donors (Lipinski definition) is 2. The Balaban J connectivity index is 2.60. The van der Waals surface area contributed by atoms with Gasteiger partial charge in [0, 0.05) is 10.9 Å². The summed E-state index contributed by atoms with van der Waals surface area (Å²) in [7, 11) is 0. The molecule has 2 N–H and O–H groups in total. The van der Waals surface area contributed by atoms with E-state index in [-0.39, 0.29) is 16.5 Å². The van der Waals surface area contributed by atoms with Crippen LogP contribution in [0.1, 0.15) is 5.56 Å². The Morgan fingerprint density at radius 3 is 2.65 bits per heavy atom. The highest BCUT2D eigenvalue weighted by Gasteiger charge is 2.31. The van der Waals surface area contributed by atoms with Gasteiger partial charge in [-0.25, -0.2) is 0 Å². The van der Waals surface area contributed by atoms with Gasteiger partial charge in [0.25, 0.3) is 5.56 Å². The topological polar surface area (TPSA) is 79.4 Å². The van der Waals surface area contributed by atoms with Crippen molar-refractivity contribution in [1.82, 2.24) is 4.98 Å². The van der Waals surface area contributed by atoms with Crippen molar-refractivity contribution >= 4 is 16.9 Å². The second-order valence-electron chi connectivity index (χ2n) is 3.96. The van der Waals surface area contributed by atoms with Crippen LogP contribution in [0.25, 0.3) is 10.9 Å². The van der Waals surface area contributed by atoms with Crippen molar-refractivity contribution in [2.45, 2.75) is 12.8 Å². The summed E-state index contributed by atoms with van der Waals surface area (Å²) in [5.41, 5.74) is -0.682. The van der Waals surface area contributed by atoms with Crippen LogP contribution in [0.5, 0.6) is 5.75 Å². The maximum Gasteiger partial charge on any atom is 0.573 e. The molecule has 0 amide bonds. The van der Waals surface area contributed by atoms with Crippen LogP contribution in [0.4, 0.5) is 13.2 Å². The average molecular weight is 287 g/mol. The lowest BCUT2D eigenvalue weighted by atomic mass is 10.1. The van der Waals surface area contributed by atoms with Crippen molar-refractivity contribution in [1.29, 1.82) is 0 Å². The summed E-state index contributed by atoms with van der Waals surface area (Å²) in [6.45, 7) is 0. The zero-order chi connectivity index (χ0) is 14.9. The van der Waals surface area contributed by atoms with Crippen molar-refractivity contribution in [2.75, 3.05) is 0 Å². The minimum absolute atomic E-state index is 0.0133. The van der Waals surface area contributed by atoms with Crippen molar-refractivity contribution in [3.05, 3.63) is 40.2 Å². The summed E-state index contributed by atoms with van der Waals surface area (Å²) in [4.78, 5) is 24.5. The predicted octanol–water partition coefficient (Wildman–Crippen LogP) is 2.05. The SMILES string of the molecule is O=C(O)Cc1cc2c(OC(F)(F)F)cccc2[nH]c1=O. The number of hydrogen-bond acceptors (Lipinski definition) is 3. The Morgan fingerprint density at radius 1 is 1.35 bits per heavy atom. The molecule has 0 atom stereocenters. The second-order valence-corrected chi connectivity index (χ2v) is 3.96. The van der Waals surface area contributed by atoms with Crippen LogP contribution < -0.4 is 10.3 Å². The lowest BCUT2D eigenvalue weighted by Crippen LogP contribution is -2.19. The molecule has 0 aliphatic heterocycles. The summed E-state index contributed by atoms with van der Waals surface area (Å²) in [6.07, 6.45) is -5.47. The number of nitrogens with one attached hydrogen (secondary N) is 1. The minimum atomic E-state index is -4.88. The number of pyridine rings is 1. The van der Waals surface area contributed by atoms with Gasteiger partial charge in [-0.15, -0.1) is 13.2 Å². The van der Waals surface area contributed by atoms with E-state index in [0.29, 0.717) is 0 Å². The van der Waals surface area contributed by atoms with Crippen LogP contribution in [0, 0.1) is 0 Å². The molecule has 0 saturated heterocycles. The van der Waals surface area contributed by atoms with Gasteiger partial charge in [0.05, 0.1) is 11.9 Å². The van der Waals surface area contributed by atoms with Gasteiger partial charge in [-0.2, -0.15) is 0 Å². The number of aromatic amines is 1. The van der Waals surface area contributed by atoms with E-state index < -0.39 is 30.1 Å². The highest BCUT2D eigenvalue weighted by Crippen LogP contribution is 2.29. The largest absolute Gasteiger partial charge is 0.573 e. The summed E-state index contributed by atoms with van der Waals surface area (Å²) >= 11 is 0. The monoisotopic (exact) mass is 287 g/mol. The number of halogens is 3. The van der Waals surface area contributed by atoms with Crippen molar-refractivity contribution in [3.63, 3.8) is 0 Å². The first kappa shape index (κ1) is 13.9. The molecule has 1 aromatic heterocycles. The number of rotatable bonds is 3. The Kier molecular flexibility index (Phi) is 3.39. The molecule has 0 bridgehead atoms. The lowest BCUT2D eigenvalue weighted by Gasteiger charge is -2.11. The number of aliphatic carboxylic acids is 1. The van der Waals surface area contributed by atoms with Crippen molar-refractivity contribution in [3.8, 4) is 5.75 Å². The van der Waals surface area contributed by atoms with Crippen LogP contribution in [0.15, 0.2) is 29.1 Å². The van der Waals surface area contributed by atoms with Gasteiger partial charge < -0.3 is 14.8 Å². The van der Waals surface area contributed by atoms with Gasteiger partial charge in [-0.1, -0.05) is 6.07 Å². The molecular formula is C12H8F3NO4. The standard InChI is InChI=1S/C12H8F3NO4/c13-12(14,15)20-9-3-1-2-8-7(9)4-6(5-10(17)18)11(19)16-8/h1-4H,5H2,(H,16,19)(H,17,18). The number of carboxylic acid groups (broad SMARTS) is 1. The number of carboxylic acids is 1. The van der Waals surface area contributed by atoms with Crippen LogP contribution >= 0.6 is 0 Å². The maximum atomic E-state index is 12.3. The van der Waals surface area contributed by atoms with E-state index in [4.69, 9.17) is 5.11 Å². The molecule has 0 fully saturated rings. The summed E-state index contributed by atoms with van der Waals surface area (Å²) in [6, 6.07) is 4.85. The summed E-state index contributed by atoms with van der Waals surface area (Å²) in [5.74, 6) is -1.76. The first-order valence-corrected chi connectivity index (χ1v) is 5.39. The van der Waals surface area contributed by atoms with E-state index in [2.05, 4.69) is 9.72 Å². The number of fused-ring (bicyclic) bond motifs is 1. The third kappa shape index (κ3) is 3.08. The number of carbonyl (C=O) groups is 1. The van der Waals surface area contributed by atoms with E-state index in [9.17, 15) is 22.8 Å². The van der Waals surface area contributed by atoms with Crippen molar-refractivity contribution < 1.29 is 27.8 Å². The molecule has 0 saturated carbocycles. The maximum absolute atomic E-state index is 12.3. The Labute approximate surface area is 109 Å². The van der Waals surface area contributed by atoms with E-state index in [1.54, 1.807) is 0 Å². The molecule has 0 aliphatic carbocycles. The molecule has 8 heteroatoms. The normalized spacial score (nSPS) is 11.6. The Morgan fingerprint density at radius 2 is 2.05 bits per heavy atom. The third-order valence-corrected chi connectivity index (χ3v) is 2.49. The molecule has 0 radical (unpaired) electrons. The van der Waals surface area contributed by atoms with Crippen molar-refractivity contribution in [2.24, 2.45) is 0 Å². The number of H-pyrrole nitrogens is 1. The quantitative estimate of drug-likeness (QED) is 0.905. The molecule has 0 unspecified atom stereocenters. The molecule has 0 aliphatic rings. The van der Waals surface area contributed by atoms with E-state index >= 15 is 0 Å². The second kappa shape index (κ2) is 4.87. The molecule has 1 aromatic carbocycles. The molecule has 2 rings (SSSR count). The molecule has 2 aromatic rings. The molecule has 0 spiro atoms. The summed E-state index contributed by atoms with van der Waals surface area (Å²) < 4.78 is 40.7. The van der Waals surface area contributed by atoms with E-state index in [1.165, 1.54) is 12.1 Å². The highest BCUT2D eigenvalue weighted by molar-refractivity contribution is 5.86. The smallest absolute Gasteiger partial charge is 0.481 e. The minimum Gasteiger partial charge on any atom is -0.481 e. The zero-order valence-corrected chi connectivity index (χ0v) is 9.82. The van der Waals surface area contributed by atoms with Crippen LogP contribution in [-0.4, -0.2) is 22.4 Å². The highest BCUT2D eigenvalue weighted by atomic mass is 19.4. The third-order valence-electron chi connectivity index (χ3n) is 2.49. The fraction of sp³-hybridized carbons (Fsp3) is 0.167. The number of ether oxygens (including phenoxy) is 1. The fourth-order valence-electron chi connectivity index (χ4n) is 1.75. The average Bonchev–Trinajstić information content (AvgIpc) is 2.28. The van der Waals surface area contributed by atoms with Crippen LogP contribution in [-0.2, 0) is 11.2 Å². The number of alkyl halides is 3. The van der Waals surface area contributed by atoms with Crippen LogP contribution in [0.2, 0.25) is 0 Å². The fourth-order valence-corrected chi connectivity index (χ4v) is 1.75. The molecule has 5 nitrogen and oxygen atoms in total. The first-order valence-electron chi connectivity index (χ1n) is 5.39. The molecule has 1 heterocycles.